The summed E-state index contributed by atoms with van der Waals surface area (Å²) in [5, 5.41) is 12.6. The minimum absolute atomic E-state index is 0.0709. The maximum absolute atomic E-state index is 13.4. The van der Waals surface area contributed by atoms with Crippen LogP contribution in [0.5, 0.6) is 0 Å². The Balaban J connectivity index is 1.77. The van der Waals surface area contributed by atoms with E-state index in [1.165, 1.54) is 12.1 Å². The van der Waals surface area contributed by atoms with Crippen LogP contribution in [-0.4, -0.2) is 48.2 Å². The minimum Gasteiger partial charge on any atom is -0.379 e. The smallest absolute Gasteiger partial charge is 0.262 e. The van der Waals surface area contributed by atoms with Crippen molar-refractivity contribution in [2.45, 2.75) is 39.8 Å². The highest BCUT2D eigenvalue weighted by atomic mass is 19.1. The fourth-order valence-corrected chi connectivity index (χ4v) is 4.16. The summed E-state index contributed by atoms with van der Waals surface area (Å²) in [7, 11) is 0. The van der Waals surface area contributed by atoms with Gasteiger partial charge in [0.25, 0.3) is 5.91 Å². The van der Waals surface area contributed by atoms with Gasteiger partial charge >= 0.3 is 0 Å². The van der Waals surface area contributed by atoms with Crippen LogP contribution in [0.15, 0.2) is 35.9 Å². The Kier molecular flexibility index (Phi) is 8.20. The standard InChI is InChI=1S/C25H31FN4O2/c1-4-9-30-18(2)14-21(19(30)3)15-22(16-27)25(31)28-17-24(29-10-12-32-13-11-29)20-5-7-23(26)8-6-20/h5-8,14-15,24H,4,9-13,17H2,1-3H3,(H,28,31). The summed E-state index contributed by atoms with van der Waals surface area (Å²) in [6.07, 6.45) is 2.67. The normalized spacial score (nSPS) is 15.9. The van der Waals surface area contributed by atoms with Gasteiger partial charge in [-0.15, -0.1) is 0 Å². The number of ether oxygens (including phenoxy) is 1. The zero-order chi connectivity index (χ0) is 23.1. The van der Waals surface area contributed by atoms with Crippen molar-refractivity contribution in [2.75, 3.05) is 32.8 Å². The predicted molar refractivity (Wildman–Crippen MR) is 122 cm³/mol. The lowest BCUT2D eigenvalue weighted by atomic mass is 10.0. The van der Waals surface area contributed by atoms with Gasteiger partial charge in [0.05, 0.1) is 19.3 Å². The molecule has 2 aromatic rings. The van der Waals surface area contributed by atoms with Crippen molar-refractivity contribution < 1.29 is 13.9 Å². The number of aromatic nitrogens is 1. The maximum atomic E-state index is 13.4. The van der Waals surface area contributed by atoms with Gasteiger partial charge in [-0.25, -0.2) is 4.39 Å². The Bertz CT molecular complexity index is 998. The molecule has 1 aromatic heterocycles. The van der Waals surface area contributed by atoms with Crippen LogP contribution < -0.4 is 5.32 Å². The van der Waals surface area contributed by atoms with Crippen molar-refractivity contribution in [3.63, 3.8) is 0 Å². The summed E-state index contributed by atoms with van der Waals surface area (Å²) in [5.74, 6) is -0.706. The second-order valence-electron chi connectivity index (χ2n) is 8.07. The molecule has 32 heavy (non-hydrogen) atoms. The van der Waals surface area contributed by atoms with Gasteiger partial charge in [-0.3, -0.25) is 9.69 Å². The largest absolute Gasteiger partial charge is 0.379 e. The van der Waals surface area contributed by atoms with Gasteiger partial charge in [0.1, 0.15) is 17.5 Å². The molecule has 3 rings (SSSR count). The number of carbonyl (C=O) groups is 1. The van der Waals surface area contributed by atoms with Gasteiger partial charge in [0.15, 0.2) is 0 Å². The molecule has 1 atom stereocenters. The highest BCUT2D eigenvalue weighted by Crippen LogP contribution is 2.22. The van der Waals surface area contributed by atoms with Gasteiger partial charge in [-0.05, 0) is 55.7 Å². The molecule has 0 bridgehead atoms. The molecular formula is C25H31FN4O2. The van der Waals surface area contributed by atoms with Crippen LogP contribution in [0.2, 0.25) is 0 Å². The number of nitrogens with one attached hydrogen (secondary N) is 1. The van der Waals surface area contributed by atoms with Gasteiger partial charge < -0.3 is 14.6 Å². The summed E-state index contributed by atoms with van der Waals surface area (Å²) in [5.41, 5.74) is 4.02. The van der Waals surface area contributed by atoms with Gasteiger partial charge in [0, 0.05) is 37.6 Å². The number of morpholine rings is 1. The van der Waals surface area contributed by atoms with Crippen LogP contribution in [-0.2, 0) is 16.1 Å². The topological polar surface area (TPSA) is 70.3 Å². The van der Waals surface area contributed by atoms with Crippen LogP contribution in [0.3, 0.4) is 0 Å². The summed E-state index contributed by atoms with van der Waals surface area (Å²) >= 11 is 0. The van der Waals surface area contributed by atoms with Crippen molar-refractivity contribution >= 4 is 12.0 Å². The Hall–Kier alpha value is -2.95. The van der Waals surface area contributed by atoms with Crippen LogP contribution in [0.25, 0.3) is 6.08 Å². The monoisotopic (exact) mass is 438 g/mol. The number of hydrogen-bond acceptors (Lipinski definition) is 4. The highest BCUT2D eigenvalue weighted by Gasteiger charge is 2.24. The molecule has 1 aliphatic heterocycles. The van der Waals surface area contributed by atoms with E-state index in [4.69, 9.17) is 4.74 Å². The quantitative estimate of drug-likeness (QED) is 0.503. The predicted octanol–water partition coefficient (Wildman–Crippen LogP) is 3.75. The highest BCUT2D eigenvalue weighted by molar-refractivity contribution is 6.01. The zero-order valence-corrected chi connectivity index (χ0v) is 19.0. The minimum atomic E-state index is -0.409. The number of rotatable bonds is 8. The first-order valence-corrected chi connectivity index (χ1v) is 11.1. The molecule has 1 N–H and O–H groups in total. The molecule has 1 aromatic carbocycles. The van der Waals surface area contributed by atoms with Gasteiger partial charge in [0.2, 0.25) is 0 Å². The van der Waals surface area contributed by atoms with E-state index in [1.807, 2.05) is 26.0 Å². The van der Waals surface area contributed by atoms with Crippen LogP contribution in [0, 0.1) is 31.0 Å². The molecular weight excluding hydrogens is 407 g/mol. The molecule has 0 saturated carbocycles. The van der Waals surface area contributed by atoms with E-state index in [0.29, 0.717) is 19.8 Å². The van der Waals surface area contributed by atoms with Crippen LogP contribution >= 0.6 is 0 Å². The third-order valence-electron chi connectivity index (χ3n) is 5.92. The molecule has 1 aliphatic rings. The van der Waals surface area contributed by atoms with E-state index in [0.717, 1.165) is 48.6 Å². The number of carbonyl (C=O) groups excluding carboxylic acids is 1. The lowest BCUT2D eigenvalue weighted by molar-refractivity contribution is -0.117. The molecule has 0 spiro atoms. The van der Waals surface area contributed by atoms with Crippen LogP contribution in [0.1, 0.15) is 41.9 Å². The second kappa shape index (κ2) is 11.1. The summed E-state index contributed by atoms with van der Waals surface area (Å²) < 4.78 is 21.1. The lowest BCUT2D eigenvalue weighted by Crippen LogP contribution is -2.44. The average molecular weight is 439 g/mol. The van der Waals surface area contributed by atoms with Crippen molar-refractivity contribution in [1.29, 1.82) is 5.26 Å². The number of benzene rings is 1. The third kappa shape index (κ3) is 5.64. The third-order valence-corrected chi connectivity index (χ3v) is 5.92. The number of hydrogen-bond donors (Lipinski definition) is 1. The van der Waals surface area contributed by atoms with E-state index < -0.39 is 5.91 Å². The first-order chi connectivity index (χ1) is 15.4. The molecule has 170 valence electrons. The van der Waals surface area contributed by atoms with Crippen molar-refractivity contribution in [3.05, 3.63) is 64.2 Å². The number of nitriles is 1. The molecule has 0 radical (unpaired) electrons. The van der Waals surface area contributed by atoms with E-state index in [9.17, 15) is 14.4 Å². The van der Waals surface area contributed by atoms with Gasteiger partial charge in [-0.2, -0.15) is 5.26 Å². The number of amides is 1. The van der Waals surface area contributed by atoms with E-state index in [-0.39, 0.29) is 17.4 Å². The van der Waals surface area contributed by atoms with E-state index in [1.54, 1.807) is 18.2 Å². The molecule has 0 aliphatic carbocycles. The van der Waals surface area contributed by atoms with Crippen molar-refractivity contribution in [3.8, 4) is 6.07 Å². The number of halogens is 1. The van der Waals surface area contributed by atoms with Gasteiger partial charge in [-0.1, -0.05) is 19.1 Å². The molecule has 1 unspecified atom stereocenters. The Morgan fingerprint density at radius 1 is 1.28 bits per heavy atom. The summed E-state index contributed by atoms with van der Waals surface area (Å²) in [6.45, 7) is 10.0. The molecule has 1 amide bonds. The molecule has 7 heteroatoms. The number of aryl methyl sites for hydroxylation is 1. The Morgan fingerprint density at radius 3 is 2.59 bits per heavy atom. The molecule has 1 fully saturated rings. The van der Waals surface area contributed by atoms with E-state index in [2.05, 4.69) is 21.7 Å². The Morgan fingerprint density at radius 2 is 1.97 bits per heavy atom. The van der Waals surface area contributed by atoms with Crippen molar-refractivity contribution in [1.82, 2.24) is 14.8 Å². The second-order valence-corrected chi connectivity index (χ2v) is 8.07. The number of nitrogens with zero attached hydrogens (tertiary/aromatic N) is 3. The fourth-order valence-electron chi connectivity index (χ4n) is 4.16. The summed E-state index contributed by atoms with van der Waals surface area (Å²) in [4.78, 5) is 15.1. The molecule has 2 heterocycles. The lowest BCUT2D eigenvalue weighted by Gasteiger charge is -2.34. The zero-order valence-electron chi connectivity index (χ0n) is 19.0. The SMILES string of the molecule is CCCn1c(C)cc(C=C(C#N)C(=O)NCC(c2ccc(F)cc2)N2CCOCC2)c1C. The van der Waals surface area contributed by atoms with Crippen LogP contribution in [0.4, 0.5) is 4.39 Å². The van der Waals surface area contributed by atoms with Crippen molar-refractivity contribution in [2.24, 2.45) is 0 Å². The Labute approximate surface area is 189 Å². The first-order valence-electron chi connectivity index (χ1n) is 11.1. The van der Waals surface area contributed by atoms with E-state index >= 15 is 0 Å². The fraction of sp³-hybridized carbons (Fsp3) is 0.440. The average Bonchev–Trinajstić information content (AvgIpc) is 3.07. The molecule has 6 nitrogen and oxygen atoms in total. The molecule has 1 saturated heterocycles. The first kappa shape index (κ1) is 23.7. The maximum Gasteiger partial charge on any atom is 0.262 e. The summed E-state index contributed by atoms with van der Waals surface area (Å²) in [6, 6.07) is 10.3.